The lowest BCUT2D eigenvalue weighted by Crippen LogP contribution is -2.07. The molecule has 3 heterocycles. The van der Waals surface area contributed by atoms with Gasteiger partial charge in [0.25, 0.3) is 0 Å². The predicted octanol–water partition coefficient (Wildman–Crippen LogP) is 11.8. The van der Waals surface area contributed by atoms with Crippen molar-refractivity contribution in [3.8, 4) is 51.0 Å². The normalized spacial score (nSPS) is 12.6. The minimum absolute atomic E-state index is 0.650. The first kappa shape index (κ1) is 28.8. The van der Waals surface area contributed by atoms with Crippen molar-refractivity contribution in [3.63, 3.8) is 0 Å². The molecular weight excluding hydrogens is 629 g/mol. The Kier molecular flexibility index (Phi) is 6.78. The van der Waals surface area contributed by atoms with E-state index in [9.17, 15) is 0 Å². The fourth-order valence-electron chi connectivity index (χ4n) is 7.39. The lowest BCUT2D eigenvalue weighted by molar-refractivity contribution is 0.889. The Labute approximate surface area is 293 Å². The molecule has 0 unspecified atom stereocenters. The molecule has 0 fully saturated rings. The number of nitrogens with zero attached hydrogens (tertiary/aromatic N) is 4. The molecule has 5 heteroatoms. The Bertz CT molecular complexity index is 2740. The van der Waals surface area contributed by atoms with Crippen LogP contribution in [0.4, 0.5) is 0 Å². The predicted molar refractivity (Wildman–Crippen MR) is 209 cm³/mol. The van der Waals surface area contributed by atoms with Gasteiger partial charge in [0.15, 0.2) is 17.5 Å². The zero-order chi connectivity index (χ0) is 33.0. The van der Waals surface area contributed by atoms with Crippen LogP contribution in [-0.4, -0.2) is 19.5 Å². The van der Waals surface area contributed by atoms with E-state index in [1.807, 2.05) is 35.6 Å². The summed E-state index contributed by atoms with van der Waals surface area (Å²) in [6.45, 7) is 0. The monoisotopic (exact) mass is 658 g/mol. The third-order valence-electron chi connectivity index (χ3n) is 9.75. The summed E-state index contributed by atoms with van der Waals surface area (Å²) in [6, 6.07) is 51.1. The lowest BCUT2D eigenvalue weighted by Gasteiger charge is -2.17. The summed E-state index contributed by atoms with van der Waals surface area (Å²) in [4.78, 5) is 15.4. The Morgan fingerprint density at radius 1 is 0.500 bits per heavy atom. The van der Waals surface area contributed by atoms with E-state index in [1.54, 1.807) is 0 Å². The fraction of sp³-hybridized carbons (Fsp3) is 0.0444. The highest BCUT2D eigenvalue weighted by atomic mass is 32.1. The van der Waals surface area contributed by atoms with Gasteiger partial charge in [-0.25, -0.2) is 15.0 Å². The van der Waals surface area contributed by atoms with Crippen molar-refractivity contribution < 1.29 is 0 Å². The summed E-state index contributed by atoms with van der Waals surface area (Å²) in [7, 11) is 0. The molecule has 50 heavy (non-hydrogen) atoms. The highest BCUT2D eigenvalue weighted by molar-refractivity contribution is 7.26. The second-order valence-corrected chi connectivity index (χ2v) is 13.8. The molecule has 0 spiro atoms. The Balaban J connectivity index is 1.21. The minimum Gasteiger partial charge on any atom is -0.311 e. The number of fused-ring (bicyclic) bond motifs is 7. The summed E-state index contributed by atoms with van der Waals surface area (Å²) in [5, 5.41) is 3.88. The van der Waals surface area contributed by atoms with Crippen molar-refractivity contribution >= 4 is 48.5 Å². The molecule has 4 nitrogen and oxygen atoms in total. The Morgan fingerprint density at radius 2 is 1.10 bits per heavy atom. The molecule has 236 valence electrons. The van der Waals surface area contributed by atoms with Gasteiger partial charge in [-0.15, -0.1) is 11.3 Å². The van der Waals surface area contributed by atoms with Crippen molar-refractivity contribution in [2.45, 2.75) is 12.8 Å². The van der Waals surface area contributed by atoms with Crippen LogP contribution in [0.2, 0.25) is 0 Å². The van der Waals surface area contributed by atoms with E-state index in [0.29, 0.717) is 17.5 Å². The number of thiophene rings is 1. The van der Waals surface area contributed by atoms with Gasteiger partial charge in [0.05, 0.1) is 15.9 Å². The Hall–Kier alpha value is -6.17. The van der Waals surface area contributed by atoms with Crippen LogP contribution in [0, 0.1) is 0 Å². The van der Waals surface area contributed by atoms with Crippen molar-refractivity contribution in [1.29, 1.82) is 0 Å². The van der Waals surface area contributed by atoms with Gasteiger partial charge in [0.1, 0.15) is 0 Å². The molecule has 1 aliphatic rings. The highest BCUT2D eigenvalue weighted by Gasteiger charge is 2.24. The molecule has 10 rings (SSSR count). The van der Waals surface area contributed by atoms with E-state index >= 15 is 0 Å². The third-order valence-corrected chi connectivity index (χ3v) is 10.9. The summed E-state index contributed by atoms with van der Waals surface area (Å²) in [5.41, 5.74) is 10.2. The summed E-state index contributed by atoms with van der Waals surface area (Å²) in [5.74, 6) is 1.96. The van der Waals surface area contributed by atoms with Crippen LogP contribution in [0.5, 0.6) is 0 Å². The fourth-order valence-corrected chi connectivity index (χ4v) is 8.63. The van der Waals surface area contributed by atoms with Crippen LogP contribution in [0.25, 0.3) is 88.1 Å². The third kappa shape index (κ3) is 4.70. The van der Waals surface area contributed by atoms with E-state index in [-0.39, 0.29) is 0 Å². The topological polar surface area (TPSA) is 43.6 Å². The maximum atomic E-state index is 5.21. The number of hydrogen-bond donors (Lipinski definition) is 0. The van der Waals surface area contributed by atoms with Crippen LogP contribution in [-0.2, 0) is 6.42 Å². The van der Waals surface area contributed by atoms with Crippen molar-refractivity contribution in [1.82, 2.24) is 19.5 Å². The number of aromatic nitrogens is 4. The molecule has 1 aliphatic carbocycles. The first-order valence-corrected chi connectivity index (χ1v) is 17.8. The molecule has 0 radical (unpaired) electrons. The number of para-hydroxylation sites is 1. The van der Waals surface area contributed by atoms with Gasteiger partial charge in [0.2, 0.25) is 0 Å². The summed E-state index contributed by atoms with van der Waals surface area (Å²) >= 11 is 1.88. The average Bonchev–Trinajstić information content (AvgIpc) is 3.75. The molecule has 0 aliphatic heterocycles. The van der Waals surface area contributed by atoms with Gasteiger partial charge in [-0.2, -0.15) is 0 Å². The van der Waals surface area contributed by atoms with Crippen LogP contribution in [0.1, 0.15) is 17.7 Å². The molecule has 0 bridgehead atoms. The minimum atomic E-state index is 0.650. The smallest absolute Gasteiger partial charge is 0.166 e. The van der Waals surface area contributed by atoms with E-state index < -0.39 is 0 Å². The first-order valence-electron chi connectivity index (χ1n) is 17.0. The zero-order valence-electron chi connectivity index (χ0n) is 27.1. The standard InChI is InChI=1S/C45H30N4S/c1-3-13-29(14-4-1)30-23-25-32(26-24-30)44-46-43(31-15-5-2-6-16-31)47-45(48-44)37-19-8-11-21-39(37)49-38-20-10-7-17-33(38)35-27-28-36-34-18-9-12-22-40(34)50-42(36)41(35)49/h1-9,11-19,21-28H,10,20H2. The highest BCUT2D eigenvalue weighted by Crippen LogP contribution is 2.44. The maximum absolute atomic E-state index is 5.21. The molecule has 0 saturated carbocycles. The zero-order valence-corrected chi connectivity index (χ0v) is 27.9. The van der Waals surface area contributed by atoms with Crippen LogP contribution in [0.3, 0.4) is 0 Å². The average molecular weight is 659 g/mol. The number of rotatable bonds is 5. The molecule has 0 N–H and O–H groups in total. The van der Waals surface area contributed by atoms with Crippen molar-refractivity contribution in [3.05, 3.63) is 163 Å². The molecular formula is C45H30N4S. The second-order valence-electron chi connectivity index (χ2n) is 12.7. The van der Waals surface area contributed by atoms with Gasteiger partial charge in [-0.3, -0.25) is 0 Å². The lowest BCUT2D eigenvalue weighted by atomic mass is 10.0. The molecule has 0 saturated heterocycles. The Morgan fingerprint density at radius 3 is 1.90 bits per heavy atom. The van der Waals surface area contributed by atoms with Gasteiger partial charge in [-0.05, 0) is 42.2 Å². The summed E-state index contributed by atoms with van der Waals surface area (Å²) < 4.78 is 5.11. The molecule has 0 amide bonds. The molecule has 0 atom stereocenters. The molecule has 9 aromatic rings. The molecule has 3 aromatic heterocycles. The van der Waals surface area contributed by atoms with E-state index in [4.69, 9.17) is 15.0 Å². The quantitative estimate of drug-likeness (QED) is 0.185. The number of hydrogen-bond acceptors (Lipinski definition) is 4. The van der Waals surface area contributed by atoms with E-state index in [2.05, 4.69) is 138 Å². The van der Waals surface area contributed by atoms with Gasteiger partial charge < -0.3 is 4.57 Å². The van der Waals surface area contributed by atoms with Crippen LogP contribution >= 0.6 is 11.3 Å². The van der Waals surface area contributed by atoms with Crippen molar-refractivity contribution in [2.75, 3.05) is 0 Å². The maximum Gasteiger partial charge on any atom is 0.166 e. The van der Waals surface area contributed by atoms with E-state index in [0.717, 1.165) is 40.8 Å². The number of allylic oxidation sites excluding steroid dienone is 1. The van der Waals surface area contributed by atoms with Crippen LogP contribution in [0.15, 0.2) is 152 Å². The first-order chi connectivity index (χ1) is 24.8. The van der Waals surface area contributed by atoms with E-state index in [1.165, 1.54) is 47.9 Å². The van der Waals surface area contributed by atoms with Crippen molar-refractivity contribution in [2.24, 2.45) is 0 Å². The molecule has 6 aromatic carbocycles. The SMILES string of the molecule is C1=Cc2c(n(-c3ccccc3-c3nc(-c4ccccc4)nc(-c4ccc(-c5ccccc5)cc4)n3)c3c2ccc2c4ccccc4sc23)CC1. The van der Waals surface area contributed by atoms with Gasteiger partial charge in [-0.1, -0.05) is 140 Å². The second kappa shape index (κ2) is 11.8. The van der Waals surface area contributed by atoms with Gasteiger partial charge >= 0.3 is 0 Å². The number of benzene rings is 6. The van der Waals surface area contributed by atoms with Crippen LogP contribution < -0.4 is 0 Å². The van der Waals surface area contributed by atoms with Gasteiger partial charge in [0, 0.05) is 48.8 Å². The summed E-state index contributed by atoms with van der Waals surface area (Å²) in [6.07, 6.45) is 6.59. The largest absolute Gasteiger partial charge is 0.311 e.